The first-order valence-corrected chi connectivity index (χ1v) is 8.93. The maximum absolute atomic E-state index is 12.8. The van der Waals surface area contributed by atoms with Crippen molar-refractivity contribution in [1.82, 2.24) is 20.1 Å². The standard InChI is InChI=1S/C19H23N5O3/c1-12(2)16-21-18(23-22-16)20-14(25)9-10-24-15(26)11-19(3,17(24)27)13-7-5-4-6-8-13/h4-8,12H,9-11H2,1-3H3,(H2,20,21,22,23,25). The summed E-state index contributed by atoms with van der Waals surface area (Å²) < 4.78 is 0. The number of imide groups is 1. The molecule has 1 fully saturated rings. The first kappa shape index (κ1) is 18.8. The molecule has 8 nitrogen and oxygen atoms in total. The molecule has 1 unspecified atom stereocenters. The van der Waals surface area contributed by atoms with Crippen LogP contribution in [0.15, 0.2) is 30.3 Å². The van der Waals surface area contributed by atoms with E-state index in [2.05, 4.69) is 20.5 Å². The van der Waals surface area contributed by atoms with Gasteiger partial charge in [-0.05, 0) is 12.5 Å². The second-order valence-electron chi connectivity index (χ2n) is 7.22. The molecular weight excluding hydrogens is 346 g/mol. The minimum absolute atomic E-state index is 0.00605. The Bertz CT molecular complexity index is 861. The minimum Gasteiger partial charge on any atom is -0.293 e. The zero-order chi connectivity index (χ0) is 19.6. The molecular formula is C19H23N5O3. The summed E-state index contributed by atoms with van der Waals surface area (Å²) in [5.74, 6) is 0.147. The first-order chi connectivity index (χ1) is 12.8. The Hall–Kier alpha value is -3.03. The van der Waals surface area contributed by atoms with E-state index in [9.17, 15) is 14.4 Å². The fourth-order valence-corrected chi connectivity index (χ4v) is 3.13. The molecule has 3 amide bonds. The maximum atomic E-state index is 12.8. The summed E-state index contributed by atoms with van der Waals surface area (Å²) in [6.07, 6.45) is 0.101. The van der Waals surface area contributed by atoms with Crippen molar-refractivity contribution >= 4 is 23.7 Å². The van der Waals surface area contributed by atoms with Gasteiger partial charge in [0.15, 0.2) is 0 Å². The number of benzene rings is 1. The molecule has 1 aliphatic rings. The van der Waals surface area contributed by atoms with Crippen LogP contribution in [0, 0.1) is 0 Å². The third-order valence-electron chi connectivity index (χ3n) is 4.80. The van der Waals surface area contributed by atoms with E-state index in [1.54, 1.807) is 6.92 Å². The van der Waals surface area contributed by atoms with Crippen LogP contribution in [0.2, 0.25) is 0 Å². The molecule has 8 heteroatoms. The van der Waals surface area contributed by atoms with Crippen molar-refractivity contribution in [2.45, 2.75) is 44.9 Å². The number of aromatic nitrogens is 3. The van der Waals surface area contributed by atoms with Crippen LogP contribution < -0.4 is 5.32 Å². The van der Waals surface area contributed by atoms with E-state index in [0.29, 0.717) is 5.82 Å². The third-order valence-corrected chi connectivity index (χ3v) is 4.80. The van der Waals surface area contributed by atoms with E-state index < -0.39 is 5.41 Å². The maximum Gasteiger partial charge on any atom is 0.248 e. The van der Waals surface area contributed by atoms with Gasteiger partial charge in [-0.15, -0.1) is 5.10 Å². The van der Waals surface area contributed by atoms with Gasteiger partial charge >= 0.3 is 0 Å². The fourth-order valence-electron chi connectivity index (χ4n) is 3.13. The first-order valence-electron chi connectivity index (χ1n) is 8.93. The lowest BCUT2D eigenvalue weighted by Crippen LogP contribution is -2.38. The second kappa shape index (κ2) is 7.30. The Morgan fingerprint density at radius 2 is 2.00 bits per heavy atom. The number of rotatable bonds is 6. The number of hydrogen-bond acceptors (Lipinski definition) is 5. The van der Waals surface area contributed by atoms with Gasteiger partial charge in [0.25, 0.3) is 0 Å². The van der Waals surface area contributed by atoms with E-state index in [0.717, 1.165) is 5.56 Å². The second-order valence-corrected chi connectivity index (χ2v) is 7.22. The molecule has 142 valence electrons. The summed E-state index contributed by atoms with van der Waals surface area (Å²) in [6.45, 7) is 5.72. The van der Waals surface area contributed by atoms with Crippen LogP contribution >= 0.6 is 0 Å². The molecule has 2 aromatic rings. The number of amides is 3. The predicted octanol–water partition coefficient (Wildman–Crippen LogP) is 1.97. The number of nitrogens with zero attached hydrogens (tertiary/aromatic N) is 3. The topological polar surface area (TPSA) is 108 Å². The van der Waals surface area contributed by atoms with Gasteiger partial charge in [0.1, 0.15) is 5.82 Å². The van der Waals surface area contributed by atoms with Crippen molar-refractivity contribution in [2.24, 2.45) is 0 Å². The lowest BCUT2D eigenvalue weighted by molar-refractivity contribution is -0.139. The van der Waals surface area contributed by atoms with Crippen LogP contribution in [-0.4, -0.2) is 44.3 Å². The highest BCUT2D eigenvalue weighted by molar-refractivity contribution is 6.09. The SMILES string of the molecule is CC(C)c1nc(NC(=O)CCN2C(=O)CC(C)(c3ccccc3)C2=O)n[nH]1. The molecule has 27 heavy (non-hydrogen) atoms. The lowest BCUT2D eigenvalue weighted by Gasteiger charge is -2.22. The van der Waals surface area contributed by atoms with Gasteiger partial charge in [-0.1, -0.05) is 44.2 Å². The summed E-state index contributed by atoms with van der Waals surface area (Å²) in [6, 6.07) is 9.24. The van der Waals surface area contributed by atoms with E-state index in [4.69, 9.17) is 0 Å². The Kier molecular flexibility index (Phi) is 5.07. The van der Waals surface area contributed by atoms with Crippen molar-refractivity contribution in [2.75, 3.05) is 11.9 Å². The van der Waals surface area contributed by atoms with Crippen LogP contribution in [0.1, 0.15) is 50.9 Å². The average molecular weight is 369 g/mol. The molecule has 2 N–H and O–H groups in total. The van der Waals surface area contributed by atoms with Gasteiger partial charge in [0.2, 0.25) is 23.7 Å². The van der Waals surface area contributed by atoms with Gasteiger partial charge in [-0.25, -0.2) is 0 Å². The largest absolute Gasteiger partial charge is 0.293 e. The van der Waals surface area contributed by atoms with Crippen molar-refractivity contribution < 1.29 is 14.4 Å². The molecule has 3 rings (SSSR count). The predicted molar refractivity (Wildman–Crippen MR) is 98.8 cm³/mol. The number of anilines is 1. The van der Waals surface area contributed by atoms with E-state index in [1.807, 2.05) is 44.2 Å². The number of carbonyl (C=O) groups is 3. The molecule has 0 saturated carbocycles. The van der Waals surface area contributed by atoms with Gasteiger partial charge in [0.05, 0.1) is 5.41 Å². The van der Waals surface area contributed by atoms with Gasteiger partial charge in [0, 0.05) is 25.3 Å². The van der Waals surface area contributed by atoms with Crippen LogP contribution in [0.5, 0.6) is 0 Å². The smallest absolute Gasteiger partial charge is 0.248 e. The highest BCUT2D eigenvalue weighted by atomic mass is 16.2. The van der Waals surface area contributed by atoms with Crippen LogP contribution in [0.25, 0.3) is 0 Å². The zero-order valence-corrected chi connectivity index (χ0v) is 15.7. The van der Waals surface area contributed by atoms with Gasteiger partial charge < -0.3 is 0 Å². The van der Waals surface area contributed by atoms with Crippen LogP contribution in [0.4, 0.5) is 5.95 Å². The van der Waals surface area contributed by atoms with E-state index in [1.165, 1.54) is 4.90 Å². The molecule has 1 atom stereocenters. The average Bonchev–Trinajstić information content (AvgIpc) is 3.18. The molecule has 0 aliphatic carbocycles. The van der Waals surface area contributed by atoms with E-state index >= 15 is 0 Å². The van der Waals surface area contributed by atoms with Gasteiger partial charge in [-0.2, -0.15) is 4.98 Å². The van der Waals surface area contributed by atoms with Crippen molar-refractivity contribution in [3.05, 3.63) is 41.7 Å². The molecule has 0 bridgehead atoms. The summed E-state index contributed by atoms with van der Waals surface area (Å²) in [7, 11) is 0. The normalized spacial score (nSPS) is 19.8. The molecule has 1 aliphatic heterocycles. The molecule has 0 spiro atoms. The lowest BCUT2D eigenvalue weighted by atomic mass is 9.81. The molecule has 0 radical (unpaired) electrons. The van der Waals surface area contributed by atoms with E-state index in [-0.39, 0.29) is 49.0 Å². The Morgan fingerprint density at radius 3 is 2.63 bits per heavy atom. The number of hydrogen-bond donors (Lipinski definition) is 2. The number of carbonyl (C=O) groups excluding carboxylic acids is 3. The van der Waals surface area contributed by atoms with Crippen molar-refractivity contribution in [3.63, 3.8) is 0 Å². The van der Waals surface area contributed by atoms with Crippen molar-refractivity contribution in [1.29, 1.82) is 0 Å². The Morgan fingerprint density at radius 1 is 1.30 bits per heavy atom. The van der Waals surface area contributed by atoms with Crippen molar-refractivity contribution in [3.8, 4) is 0 Å². The monoisotopic (exact) mass is 369 g/mol. The summed E-state index contributed by atoms with van der Waals surface area (Å²) >= 11 is 0. The molecule has 2 heterocycles. The number of H-pyrrole nitrogens is 1. The number of likely N-dealkylation sites (tertiary alicyclic amines) is 1. The number of nitrogens with one attached hydrogen (secondary N) is 2. The zero-order valence-electron chi connectivity index (χ0n) is 15.7. The quantitative estimate of drug-likeness (QED) is 0.757. The number of aromatic amines is 1. The Balaban J connectivity index is 1.61. The fraction of sp³-hybridized carbons (Fsp3) is 0.421. The van der Waals surface area contributed by atoms with Crippen LogP contribution in [0.3, 0.4) is 0 Å². The molecule has 1 aromatic carbocycles. The summed E-state index contributed by atoms with van der Waals surface area (Å²) in [5.41, 5.74) is -0.0812. The molecule has 1 saturated heterocycles. The Labute approximate surface area is 157 Å². The summed E-state index contributed by atoms with van der Waals surface area (Å²) in [5, 5.41) is 9.27. The van der Waals surface area contributed by atoms with Crippen LogP contribution in [-0.2, 0) is 19.8 Å². The molecule has 1 aromatic heterocycles. The third kappa shape index (κ3) is 3.74. The highest BCUT2D eigenvalue weighted by Crippen LogP contribution is 2.36. The minimum atomic E-state index is -0.884. The summed E-state index contributed by atoms with van der Waals surface area (Å²) in [4.78, 5) is 42.7. The highest BCUT2D eigenvalue weighted by Gasteiger charge is 2.49. The van der Waals surface area contributed by atoms with Gasteiger partial charge in [-0.3, -0.25) is 29.7 Å².